The van der Waals surface area contributed by atoms with Crippen molar-refractivity contribution >= 4 is 23.5 Å². The van der Waals surface area contributed by atoms with Crippen LogP contribution in [0, 0.1) is 5.92 Å². The van der Waals surface area contributed by atoms with Gasteiger partial charge in [-0.3, -0.25) is 14.4 Å². The van der Waals surface area contributed by atoms with Gasteiger partial charge in [0.15, 0.2) is 5.78 Å². The number of oxazole rings is 1. The zero-order valence-corrected chi connectivity index (χ0v) is 18.2. The fraction of sp³-hybridized carbons (Fsp3) is 0.250. The van der Waals surface area contributed by atoms with Crippen molar-refractivity contribution in [1.82, 2.24) is 10.3 Å². The van der Waals surface area contributed by atoms with Crippen LogP contribution >= 0.6 is 0 Å². The maximum absolute atomic E-state index is 13.3. The number of rotatable bonds is 4. The Bertz CT molecular complexity index is 1380. The standard InChI is InChI=1S/C24H21N3O7/c1-33-15-4-2-3-13-16(15)22(31)18-17(20(13)29)21(30)14-7-10(5-6-12(14)19(18)28)23(32)26-8-11-9-27-24(25)34-11/h2-4,9-10,28,30H,5-8H2,1H3,(H2,25,27)(H,26,32). The summed E-state index contributed by atoms with van der Waals surface area (Å²) in [7, 11) is 1.38. The van der Waals surface area contributed by atoms with Crippen molar-refractivity contribution in [1.29, 1.82) is 0 Å². The SMILES string of the molecule is COc1cccc2c1C(=O)c1c(O)c3c(c(O)c1C2=O)CC(C(=O)NCc1cnc(N)o1)CC3. The maximum atomic E-state index is 13.3. The topological polar surface area (TPSA) is 165 Å². The number of benzene rings is 2. The number of nitrogens with two attached hydrogens (primary N) is 1. The molecule has 10 nitrogen and oxygen atoms in total. The molecule has 0 fully saturated rings. The number of hydrogen-bond donors (Lipinski definition) is 4. The first-order chi connectivity index (χ1) is 16.3. The van der Waals surface area contributed by atoms with Gasteiger partial charge in [0.1, 0.15) is 23.0 Å². The number of fused-ring (bicyclic) bond motifs is 3. The number of amides is 1. The third-order valence-electron chi connectivity index (χ3n) is 6.40. The Morgan fingerprint density at radius 3 is 2.62 bits per heavy atom. The lowest BCUT2D eigenvalue weighted by atomic mass is 9.75. The molecule has 34 heavy (non-hydrogen) atoms. The first kappa shape index (κ1) is 21.5. The van der Waals surface area contributed by atoms with Crippen molar-refractivity contribution in [2.24, 2.45) is 5.92 Å². The van der Waals surface area contributed by atoms with Crippen molar-refractivity contribution in [2.45, 2.75) is 25.8 Å². The zero-order chi connectivity index (χ0) is 24.1. The lowest BCUT2D eigenvalue weighted by molar-refractivity contribution is -0.125. The molecule has 10 heteroatoms. The van der Waals surface area contributed by atoms with Crippen LogP contribution in [-0.4, -0.2) is 39.8 Å². The first-order valence-corrected chi connectivity index (χ1v) is 10.7. The molecule has 0 saturated carbocycles. The molecule has 5 rings (SSSR count). The highest BCUT2D eigenvalue weighted by molar-refractivity contribution is 6.31. The molecule has 0 radical (unpaired) electrons. The molecule has 2 aromatic carbocycles. The number of phenols is 2. The van der Waals surface area contributed by atoms with Gasteiger partial charge < -0.3 is 30.4 Å². The van der Waals surface area contributed by atoms with Crippen molar-refractivity contribution in [3.05, 3.63) is 63.5 Å². The van der Waals surface area contributed by atoms with E-state index in [1.54, 1.807) is 12.1 Å². The summed E-state index contributed by atoms with van der Waals surface area (Å²) in [5.74, 6) is -2.09. The number of carbonyl (C=O) groups excluding carboxylic acids is 3. The summed E-state index contributed by atoms with van der Waals surface area (Å²) in [6.07, 6.45) is 2.14. The molecular formula is C24H21N3O7. The summed E-state index contributed by atoms with van der Waals surface area (Å²) in [6, 6.07) is 4.61. The zero-order valence-electron chi connectivity index (χ0n) is 18.2. The number of ether oxygens (including phenoxy) is 1. The van der Waals surface area contributed by atoms with Crippen molar-refractivity contribution in [2.75, 3.05) is 12.8 Å². The summed E-state index contributed by atoms with van der Waals surface area (Å²) in [6.45, 7) is 0.0966. The van der Waals surface area contributed by atoms with E-state index in [2.05, 4.69) is 10.3 Å². The van der Waals surface area contributed by atoms with Gasteiger partial charge in [0, 0.05) is 22.6 Å². The van der Waals surface area contributed by atoms with Crippen molar-refractivity contribution < 1.29 is 33.8 Å². The van der Waals surface area contributed by atoms with Crippen molar-refractivity contribution in [3.8, 4) is 17.2 Å². The number of anilines is 1. The number of aromatic nitrogens is 1. The van der Waals surface area contributed by atoms with E-state index in [1.807, 2.05) is 0 Å². The van der Waals surface area contributed by atoms with Gasteiger partial charge in [0.25, 0.3) is 6.01 Å². The fourth-order valence-corrected chi connectivity index (χ4v) is 4.75. The van der Waals surface area contributed by atoms with Crippen LogP contribution in [0.3, 0.4) is 0 Å². The number of ketones is 2. The largest absolute Gasteiger partial charge is 0.507 e. The lowest BCUT2D eigenvalue weighted by Crippen LogP contribution is -2.34. The number of phenolic OH excluding ortho intramolecular Hbond substituents is 2. The van der Waals surface area contributed by atoms with Crippen LogP contribution in [0.4, 0.5) is 6.01 Å². The molecule has 2 aliphatic rings. The third-order valence-corrected chi connectivity index (χ3v) is 6.40. The third kappa shape index (κ3) is 3.18. The molecule has 0 spiro atoms. The van der Waals surface area contributed by atoms with Gasteiger partial charge in [0.2, 0.25) is 11.7 Å². The molecule has 1 unspecified atom stereocenters. The Balaban J connectivity index is 1.49. The normalized spacial score (nSPS) is 16.4. The molecule has 5 N–H and O–H groups in total. The maximum Gasteiger partial charge on any atom is 0.292 e. The summed E-state index contributed by atoms with van der Waals surface area (Å²) in [4.78, 5) is 43.1. The van der Waals surface area contributed by atoms with Gasteiger partial charge >= 0.3 is 0 Å². The predicted octanol–water partition coefficient (Wildman–Crippen LogP) is 1.87. The van der Waals surface area contributed by atoms with Crippen LogP contribution in [0.1, 0.15) is 55.2 Å². The number of carbonyl (C=O) groups is 3. The highest BCUT2D eigenvalue weighted by Gasteiger charge is 2.41. The van der Waals surface area contributed by atoms with Crippen LogP contribution in [0.2, 0.25) is 0 Å². The van der Waals surface area contributed by atoms with Gasteiger partial charge in [0.05, 0.1) is 36.5 Å². The van der Waals surface area contributed by atoms with Gasteiger partial charge in [-0.05, 0) is 25.3 Å². The van der Waals surface area contributed by atoms with E-state index in [4.69, 9.17) is 14.9 Å². The number of hydrogen-bond acceptors (Lipinski definition) is 9. The molecule has 1 amide bonds. The van der Waals surface area contributed by atoms with Crippen LogP contribution in [-0.2, 0) is 24.2 Å². The van der Waals surface area contributed by atoms with E-state index in [-0.39, 0.29) is 70.8 Å². The van der Waals surface area contributed by atoms with E-state index in [9.17, 15) is 24.6 Å². The van der Waals surface area contributed by atoms with Crippen LogP contribution in [0.5, 0.6) is 17.2 Å². The summed E-state index contributed by atoms with van der Waals surface area (Å²) in [5, 5.41) is 24.8. The Morgan fingerprint density at radius 1 is 1.18 bits per heavy atom. The van der Waals surface area contributed by atoms with E-state index < -0.39 is 17.5 Å². The molecule has 2 aliphatic carbocycles. The van der Waals surface area contributed by atoms with E-state index >= 15 is 0 Å². The monoisotopic (exact) mass is 463 g/mol. The summed E-state index contributed by atoms with van der Waals surface area (Å²) in [5.41, 5.74) is 5.75. The van der Waals surface area contributed by atoms with Crippen molar-refractivity contribution in [3.63, 3.8) is 0 Å². The first-order valence-electron chi connectivity index (χ1n) is 10.7. The Labute approximate surface area is 193 Å². The second-order valence-corrected chi connectivity index (χ2v) is 8.27. The minimum Gasteiger partial charge on any atom is -0.507 e. The molecule has 0 aliphatic heterocycles. The highest BCUT2D eigenvalue weighted by Crippen LogP contribution is 2.47. The minimum absolute atomic E-state index is 0.000535. The molecular weight excluding hydrogens is 442 g/mol. The van der Waals surface area contributed by atoms with E-state index in [0.29, 0.717) is 23.3 Å². The lowest BCUT2D eigenvalue weighted by Gasteiger charge is -2.29. The second-order valence-electron chi connectivity index (χ2n) is 8.27. The summed E-state index contributed by atoms with van der Waals surface area (Å²) < 4.78 is 10.4. The Hall–Kier alpha value is -4.34. The average Bonchev–Trinajstić information content (AvgIpc) is 3.27. The molecule has 3 aromatic rings. The molecule has 1 aromatic heterocycles. The number of methoxy groups -OCH3 is 1. The van der Waals surface area contributed by atoms with E-state index in [0.717, 1.165) is 0 Å². The quantitative estimate of drug-likeness (QED) is 0.331. The molecule has 1 atom stereocenters. The molecule has 174 valence electrons. The van der Waals surface area contributed by atoms with Crippen LogP contribution in [0.15, 0.2) is 28.8 Å². The van der Waals surface area contributed by atoms with Crippen LogP contribution < -0.4 is 15.8 Å². The number of nitrogen functional groups attached to an aromatic ring is 1. The molecule has 0 bridgehead atoms. The number of nitrogens with zero attached hydrogens (tertiary/aromatic N) is 1. The fourth-order valence-electron chi connectivity index (χ4n) is 4.75. The molecule has 0 saturated heterocycles. The summed E-state index contributed by atoms with van der Waals surface area (Å²) >= 11 is 0. The van der Waals surface area contributed by atoms with E-state index in [1.165, 1.54) is 19.4 Å². The Morgan fingerprint density at radius 2 is 1.91 bits per heavy atom. The van der Waals surface area contributed by atoms with Gasteiger partial charge in [-0.2, -0.15) is 0 Å². The minimum atomic E-state index is -0.594. The van der Waals surface area contributed by atoms with Gasteiger partial charge in [-0.1, -0.05) is 12.1 Å². The molecule has 1 heterocycles. The number of aromatic hydroxyl groups is 2. The second kappa shape index (κ2) is 7.91. The highest BCUT2D eigenvalue weighted by atomic mass is 16.5. The van der Waals surface area contributed by atoms with Gasteiger partial charge in [-0.25, -0.2) is 4.98 Å². The Kier molecular flexibility index (Phi) is 5.00. The number of nitrogens with one attached hydrogen (secondary N) is 1. The predicted molar refractivity (Wildman–Crippen MR) is 118 cm³/mol. The average molecular weight is 463 g/mol. The van der Waals surface area contributed by atoms with Gasteiger partial charge in [-0.15, -0.1) is 0 Å². The smallest absolute Gasteiger partial charge is 0.292 e. The van der Waals surface area contributed by atoms with Crippen LogP contribution in [0.25, 0.3) is 0 Å².